The monoisotopic (exact) mass is 302 g/mol. The Balaban J connectivity index is 2.05. The van der Waals surface area contributed by atoms with Crippen molar-refractivity contribution in [3.05, 3.63) is 70.4 Å². The highest BCUT2D eigenvalue weighted by Crippen LogP contribution is 2.25. The average molecular weight is 302 g/mol. The molecule has 0 saturated carbocycles. The lowest BCUT2D eigenvalue weighted by Crippen LogP contribution is -2.04. The summed E-state index contributed by atoms with van der Waals surface area (Å²) < 4.78 is 1.80. The van der Waals surface area contributed by atoms with E-state index >= 15 is 0 Å². The van der Waals surface area contributed by atoms with Gasteiger partial charge in [-0.15, -0.1) is 5.10 Å². The quantitative estimate of drug-likeness (QED) is 0.739. The minimum absolute atomic E-state index is 0.361. The molecule has 0 unspecified atom stereocenters. The van der Waals surface area contributed by atoms with E-state index in [1.165, 1.54) is 16.7 Å². The number of hydrogen-bond acceptors (Lipinski definition) is 3. The zero-order chi connectivity index (χ0) is 16.4. The third kappa shape index (κ3) is 3.00. The first-order valence-electron chi connectivity index (χ1n) is 7.55. The molecule has 1 aromatic heterocycles. The molecular weight excluding hydrogens is 284 g/mol. The number of aromatic nitrogens is 3. The molecule has 114 valence electrons. The zero-order valence-corrected chi connectivity index (χ0v) is 13.5. The smallest absolute Gasteiger partial charge is 0.190 e. The molecule has 23 heavy (non-hydrogen) atoms. The lowest BCUT2D eigenvalue weighted by molar-refractivity contribution is 0.655. The predicted octanol–water partition coefficient (Wildman–Crippen LogP) is 3.79. The van der Waals surface area contributed by atoms with Gasteiger partial charge in [0, 0.05) is 5.56 Å². The van der Waals surface area contributed by atoms with Gasteiger partial charge in [0.05, 0.1) is 6.54 Å². The molecule has 4 heteroatoms. The van der Waals surface area contributed by atoms with Crippen LogP contribution >= 0.6 is 0 Å². The average Bonchev–Trinajstić information content (AvgIpc) is 2.95. The second-order valence-corrected chi connectivity index (χ2v) is 5.84. The van der Waals surface area contributed by atoms with Crippen LogP contribution in [0.3, 0.4) is 0 Å². The topological polar surface area (TPSA) is 54.5 Å². The molecule has 0 aliphatic carbocycles. The van der Waals surface area contributed by atoms with Crippen LogP contribution in [0.2, 0.25) is 0 Å². The summed E-state index contributed by atoms with van der Waals surface area (Å²) in [5.74, 6) is 0. The fraction of sp³-hybridized carbons (Fsp3) is 0.211. The van der Waals surface area contributed by atoms with Crippen LogP contribution in [0.15, 0.2) is 42.5 Å². The molecule has 0 aliphatic heterocycles. The van der Waals surface area contributed by atoms with Crippen LogP contribution in [0.25, 0.3) is 11.3 Å². The van der Waals surface area contributed by atoms with Gasteiger partial charge >= 0.3 is 0 Å². The lowest BCUT2D eigenvalue weighted by Gasteiger charge is -2.09. The number of hydrogen-bond donors (Lipinski definition) is 0. The van der Waals surface area contributed by atoms with Gasteiger partial charge in [-0.1, -0.05) is 47.2 Å². The van der Waals surface area contributed by atoms with Crippen LogP contribution in [-0.2, 0) is 6.54 Å². The molecule has 3 aromatic rings. The van der Waals surface area contributed by atoms with Crippen molar-refractivity contribution < 1.29 is 0 Å². The Hall–Kier alpha value is -2.93. The fourth-order valence-corrected chi connectivity index (χ4v) is 2.54. The van der Waals surface area contributed by atoms with Crippen molar-refractivity contribution >= 4 is 0 Å². The van der Waals surface area contributed by atoms with Gasteiger partial charge in [-0.05, 0) is 43.5 Å². The summed E-state index contributed by atoms with van der Waals surface area (Å²) in [6.45, 7) is 6.80. The lowest BCUT2D eigenvalue weighted by atomic mass is 10.0. The van der Waals surface area contributed by atoms with E-state index in [1.54, 1.807) is 4.68 Å². The van der Waals surface area contributed by atoms with Crippen LogP contribution in [0, 0.1) is 32.1 Å². The first-order valence-corrected chi connectivity index (χ1v) is 7.55. The highest BCUT2D eigenvalue weighted by Gasteiger charge is 2.15. The third-order valence-corrected chi connectivity index (χ3v) is 4.07. The molecule has 0 N–H and O–H groups in total. The molecule has 0 atom stereocenters. The number of nitriles is 1. The Morgan fingerprint density at radius 1 is 1.00 bits per heavy atom. The fourth-order valence-electron chi connectivity index (χ4n) is 2.54. The molecule has 0 bridgehead atoms. The van der Waals surface area contributed by atoms with Crippen LogP contribution in [0.1, 0.15) is 27.9 Å². The van der Waals surface area contributed by atoms with E-state index in [1.807, 2.05) is 6.07 Å². The molecule has 1 heterocycles. The highest BCUT2D eigenvalue weighted by molar-refractivity contribution is 5.66. The maximum atomic E-state index is 9.35. The zero-order valence-electron chi connectivity index (χ0n) is 13.5. The van der Waals surface area contributed by atoms with Crippen molar-refractivity contribution in [2.75, 3.05) is 0 Å². The molecule has 0 saturated heterocycles. The van der Waals surface area contributed by atoms with Gasteiger partial charge in [0.2, 0.25) is 0 Å². The van der Waals surface area contributed by atoms with Crippen LogP contribution in [0.5, 0.6) is 0 Å². The predicted molar refractivity (Wildman–Crippen MR) is 89.9 cm³/mol. The number of benzene rings is 2. The first-order chi connectivity index (χ1) is 11.1. The van der Waals surface area contributed by atoms with Crippen LogP contribution in [0.4, 0.5) is 0 Å². The molecule has 0 fully saturated rings. The van der Waals surface area contributed by atoms with Crippen molar-refractivity contribution in [1.82, 2.24) is 15.0 Å². The third-order valence-electron chi connectivity index (χ3n) is 4.07. The van der Waals surface area contributed by atoms with Gasteiger partial charge in [0.15, 0.2) is 5.69 Å². The van der Waals surface area contributed by atoms with Crippen molar-refractivity contribution in [2.24, 2.45) is 0 Å². The molecule has 0 spiro atoms. The van der Waals surface area contributed by atoms with Gasteiger partial charge in [-0.25, -0.2) is 4.68 Å². The summed E-state index contributed by atoms with van der Waals surface area (Å²) in [7, 11) is 0. The molecule has 0 amide bonds. The maximum absolute atomic E-state index is 9.35. The summed E-state index contributed by atoms with van der Waals surface area (Å²) in [4.78, 5) is 0. The van der Waals surface area contributed by atoms with E-state index in [-0.39, 0.29) is 0 Å². The van der Waals surface area contributed by atoms with Crippen molar-refractivity contribution in [1.29, 1.82) is 5.26 Å². The molecule has 4 nitrogen and oxygen atoms in total. The van der Waals surface area contributed by atoms with Crippen molar-refractivity contribution in [2.45, 2.75) is 27.3 Å². The molecule has 2 aromatic carbocycles. The van der Waals surface area contributed by atoms with Gasteiger partial charge < -0.3 is 0 Å². The Morgan fingerprint density at radius 3 is 2.39 bits per heavy atom. The van der Waals surface area contributed by atoms with Crippen molar-refractivity contribution in [3.63, 3.8) is 0 Å². The maximum Gasteiger partial charge on any atom is 0.190 e. The van der Waals surface area contributed by atoms with Crippen LogP contribution in [-0.4, -0.2) is 15.0 Å². The number of aryl methyl sites for hydroxylation is 3. The number of nitrogens with zero attached hydrogens (tertiary/aromatic N) is 4. The van der Waals surface area contributed by atoms with Gasteiger partial charge in [0.1, 0.15) is 11.8 Å². The van der Waals surface area contributed by atoms with Crippen molar-refractivity contribution in [3.8, 4) is 17.3 Å². The van der Waals surface area contributed by atoms with E-state index < -0.39 is 0 Å². The summed E-state index contributed by atoms with van der Waals surface area (Å²) in [6.07, 6.45) is 0. The number of rotatable bonds is 3. The van der Waals surface area contributed by atoms with E-state index in [2.05, 4.69) is 73.6 Å². The Morgan fingerprint density at radius 2 is 1.74 bits per heavy atom. The summed E-state index contributed by atoms with van der Waals surface area (Å²) in [6, 6.07) is 16.6. The summed E-state index contributed by atoms with van der Waals surface area (Å²) >= 11 is 0. The van der Waals surface area contributed by atoms with Gasteiger partial charge in [0.25, 0.3) is 0 Å². The SMILES string of the molecule is Cc1ccc(Cn2nnc(C#N)c2-c2ccc(C)c(C)c2)cc1. The molecule has 0 radical (unpaired) electrons. The van der Waals surface area contributed by atoms with E-state index in [0.717, 1.165) is 16.8 Å². The second-order valence-electron chi connectivity index (χ2n) is 5.84. The summed E-state index contributed by atoms with van der Waals surface area (Å²) in [5.41, 5.74) is 6.88. The standard InChI is InChI=1S/C19H18N4/c1-13-4-7-16(8-5-13)12-23-19(18(11-20)21-22-23)17-9-6-14(2)15(3)10-17/h4-10H,12H2,1-3H3. The largest absolute Gasteiger partial charge is 0.239 e. The Labute approximate surface area is 136 Å². The minimum Gasteiger partial charge on any atom is -0.239 e. The molecule has 0 aliphatic rings. The van der Waals surface area contributed by atoms with E-state index in [0.29, 0.717) is 12.2 Å². The normalized spacial score (nSPS) is 10.5. The van der Waals surface area contributed by atoms with Crippen LogP contribution < -0.4 is 0 Å². The molecular formula is C19H18N4. The first kappa shape index (κ1) is 15.0. The van der Waals surface area contributed by atoms with Gasteiger partial charge in [-0.2, -0.15) is 5.26 Å². The summed E-state index contributed by atoms with van der Waals surface area (Å²) in [5, 5.41) is 17.6. The Kier molecular flexibility index (Phi) is 3.94. The van der Waals surface area contributed by atoms with Gasteiger partial charge in [-0.3, -0.25) is 0 Å². The van der Waals surface area contributed by atoms with E-state index in [4.69, 9.17) is 0 Å². The minimum atomic E-state index is 0.361. The highest BCUT2D eigenvalue weighted by atomic mass is 15.4. The Bertz CT molecular complexity index is 883. The molecule has 3 rings (SSSR count). The second kappa shape index (κ2) is 6.05. The van der Waals surface area contributed by atoms with E-state index in [9.17, 15) is 5.26 Å².